The molecule has 0 bridgehead atoms. The van der Waals surface area contributed by atoms with E-state index in [1.807, 2.05) is 13.8 Å². The summed E-state index contributed by atoms with van der Waals surface area (Å²) in [5.41, 5.74) is 2.13. The van der Waals surface area contributed by atoms with E-state index >= 15 is 0 Å². The predicted octanol–water partition coefficient (Wildman–Crippen LogP) is 2.41. The van der Waals surface area contributed by atoms with Gasteiger partial charge in [-0.25, -0.2) is 0 Å². The normalized spacial score (nSPS) is 12.6. The van der Waals surface area contributed by atoms with Gasteiger partial charge in [-0.3, -0.25) is 9.59 Å². The number of hydrogen-bond donors (Lipinski definition) is 2. The molecule has 0 aliphatic heterocycles. The molecule has 1 heterocycles. The minimum atomic E-state index is -0.861. The number of rotatable bonds is 3. The van der Waals surface area contributed by atoms with Crippen LogP contribution in [0.3, 0.4) is 0 Å². The highest BCUT2D eigenvalue weighted by Crippen LogP contribution is 2.22. The average molecular weight is 245 g/mol. The molecule has 0 radical (unpaired) electrons. The number of carboxylic acids is 1. The maximum atomic E-state index is 11.9. The van der Waals surface area contributed by atoms with Crippen LogP contribution in [0.4, 0.5) is 0 Å². The van der Waals surface area contributed by atoms with Crippen molar-refractivity contribution in [3.63, 3.8) is 0 Å². The van der Waals surface area contributed by atoms with E-state index in [4.69, 9.17) is 5.11 Å². The summed E-state index contributed by atoms with van der Waals surface area (Å²) in [7, 11) is 0. The van der Waals surface area contributed by atoms with Crippen LogP contribution in [-0.4, -0.2) is 16.1 Å². The minimum absolute atomic E-state index is 0.0802. The minimum Gasteiger partial charge on any atom is -0.481 e. The Bertz CT molecular complexity index is 658. The lowest BCUT2D eigenvalue weighted by molar-refractivity contribution is -0.138. The zero-order chi connectivity index (χ0) is 13.3. The van der Waals surface area contributed by atoms with Crippen LogP contribution in [-0.2, 0) is 4.79 Å². The van der Waals surface area contributed by atoms with E-state index in [2.05, 4.69) is 4.98 Å². The quantitative estimate of drug-likeness (QED) is 0.872. The summed E-state index contributed by atoms with van der Waals surface area (Å²) in [4.78, 5) is 26.1. The molecule has 2 rings (SSSR count). The third-order valence-corrected chi connectivity index (χ3v) is 3.10. The molecule has 2 aromatic rings. The molecule has 0 aliphatic rings. The lowest BCUT2D eigenvalue weighted by atomic mass is 9.95. The smallest absolute Gasteiger partial charge is 0.310 e. The van der Waals surface area contributed by atoms with E-state index in [0.29, 0.717) is 17.4 Å². The van der Waals surface area contributed by atoms with Gasteiger partial charge >= 0.3 is 5.97 Å². The standard InChI is InChI=1S/C14H15NO3/c1-3-10(14(17)18)9-4-5-12-11(7-9)13(16)6-8(2)15-12/h4-7,10H,3H2,1-2H3,(H,15,16)(H,17,18). The third kappa shape index (κ3) is 2.14. The number of benzene rings is 1. The Balaban J connectivity index is 2.64. The Morgan fingerprint density at radius 2 is 2.11 bits per heavy atom. The van der Waals surface area contributed by atoms with Gasteiger partial charge < -0.3 is 10.1 Å². The van der Waals surface area contributed by atoms with Crippen LogP contribution >= 0.6 is 0 Å². The summed E-state index contributed by atoms with van der Waals surface area (Å²) < 4.78 is 0. The molecule has 1 aromatic heterocycles. The van der Waals surface area contributed by atoms with Crippen molar-refractivity contribution < 1.29 is 9.90 Å². The summed E-state index contributed by atoms with van der Waals surface area (Å²) in [6, 6.07) is 6.73. The van der Waals surface area contributed by atoms with E-state index in [-0.39, 0.29) is 5.43 Å². The Kier molecular flexibility index (Phi) is 3.19. The lowest BCUT2D eigenvalue weighted by Gasteiger charge is -2.11. The molecular weight excluding hydrogens is 230 g/mol. The molecule has 4 heteroatoms. The molecule has 2 N–H and O–H groups in total. The second-order valence-electron chi connectivity index (χ2n) is 4.42. The monoisotopic (exact) mass is 245 g/mol. The number of aromatic nitrogens is 1. The van der Waals surface area contributed by atoms with Gasteiger partial charge in [0.05, 0.1) is 5.92 Å². The topological polar surface area (TPSA) is 70.2 Å². The third-order valence-electron chi connectivity index (χ3n) is 3.10. The van der Waals surface area contributed by atoms with Crippen molar-refractivity contribution in [1.82, 2.24) is 4.98 Å². The lowest BCUT2D eigenvalue weighted by Crippen LogP contribution is -2.11. The van der Waals surface area contributed by atoms with Crippen molar-refractivity contribution in [3.05, 3.63) is 45.7 Å². The SMILES string of the molecule is CCC(C(=O)O)c1ccc2[nH]c(C)cc(=O)c2c1. The first-order chi connectivity index (χ1) is 8.52. The van der Waals surface area contributed by atoms with Gasteiger partial charge in [0, 0.05) is 22.7 Å². The molecule has 0 amide bonds. The summed E-state index contributed by atoms with van der Waals surface area (Å²) in [5, 5.41) is 9.67. The maximum absolute atomic E-state index is 11.9. The maximum Gasteiger partial charge on any atom is 0.310 e. The number of pyridine rings is 1. The molecular formula is C14H15NO3. The fraction of sp³-hybridized carbons (Fsp3) is 0.286. The zero-order valence-electron chi connectivity index (χ0n) is 10.4. The molecule has 18 heavy (non-hydrogen) atoms. The molecule has 0 saturated heterocycles. The van der Waals surface area contributed by atoms with Crippen molar-refractivity contribution in [2.75, 3.05) is 0 Å². The van der Waals surface area contributed by atoms with Crippen molar-refractivity contribution in [3.8, 4) is 0 Å². The second kappa shape index (κ2) is 4.64. The van der Waals surface area contributed by atoms with Gasteiger partial charge in [-0.2, -0.15) is 0 Å². The molecule has 4 nitrogen and oxygen atoms in total. The van der Waals surface area contributed by atoms with Gasteiger partial charge in [0.25, 0.3) is 0 Å². The van der Waals surface area contributed by atoms with Crippen LogP contribution in [0.15, 0.2) is 29.1 Å². The van der Waals surface area contributed by atoms with E-state index in [1.54, 1.807) is 18.2 Å². The number of carbonyl (C=O) groups is 1. The summed E-state index contributed by atoms with van der Waals surface area (Å²) in [6.07, 6.45) is 0.505. The van der Waals surface area contributed by atoms with E-state index in [9.17, 15) is 9.59 Å². The van der Waals surface area contributed by atoms with Crippen LogP contribution in [0.1, 0.15) is 30.5 Å². The van der Waals surface area contributed by atoms with Crippen molar-refractivity contribution in [2.24, 2.45) is 0 Å². The number of hydrogen-bond acceptors (Lipinski definition) is 2. The highest BCUT2D eigenvalue weighted by molar-refractivity contribution is 5.82. The van der Waals surface area contributed by atoms with E-state index in [0.717, 1.165) is 11.2 Å². The molecule has 1 atom stereocenters. The average Bonchev–Trinajstić information content (AvgIpc) is 2.30. The van der Waals surface area contributed by atoms with Crippen molar-refractivity contribution in [2.45, 2.75) is 26.2 Å². The van der Waals surface area contributed by atoms with Crippen LogP contribution in [0, 0.1) is 6.92 Å². The molecule has 0 fully saturated rings. The van der Waals surface area contributed by atoms with Crippen LogP contribution in [0.2, 0.25) is 0 Å². The van der Waals surface area contributed by atoms with E-state index in [1.165, 1.54) is 6.07 Å². The van der Waals surface area contributed by atoms with Gasteiger partial charge in [-0.05, 0) is 31.0 Å². The predicted molar refractivity (Wildman–Crippen MR) is 70.0 cm³/mol. The first-order valence-corrected chi connectivity index (χ1v) is 5.89. The largest absolute Gasteiger partial charge is 0.481 e. The van der Waals surface area contributed by atoms with Crippen LogP contribution < -0.4 is 5.43 Å². The number of aryl methyl sites for hydroxylation is 1. The number of aromatic amines is 1. The Hall–Kier alpha value is -2.10. The van der Waals surface area contributed by atoms with Crippen LogP contribution in [0.5, 0.6) is 0 Å². The second-order valence-corrected chi connectivity index (χ2v) is 4.42. The molecule has 0 aliphatic carbocycles. The van der Waals surface area contributed by atoms with E-state index < -0.39 is 11.9 Å². The number of nitrogens with one attached hydrogen (secondary N) is 1. The number of fused-ring (bicyclic) bond motifs is 1. The molecule has 0 spiro atoms. The highest BCUT2D eigenvalue weighted by atomic mass is 16.4. The molecule has 1 unspecified atom stereocenters. The van der Waals surface area contributed by atoms with Gasteiger partial charge in [0.1, 0.15) is 0 Å². The Labute approximate surface area is 104 Å². The fourth-order valence-corrected chi connectivity index (χ4v) is 2.17. The van der Waals surface area contributed by atoms with Gasteiger partial charge in [0.15, 0.2) is 5.43 Å². The number of H-pyrrole nitrogens is 1. The summed E-state index contributed by atoms with van der Waals surface area (Å²) in [5.74, 6) is -1.42. The Morgan fingerprint density at radius 3 is 2.72 bits per heavy atom. The first-order valence-electron chi connectivity index (χ1n) is 5.89. The van der Waals surface area contributed by atoms with Crippen molar-refractivity contribution >= 4 is 16.9 Å². The summed E-state index contributed by atoms with van der Waals surface area (Å²) >= 11 is 0. The van der Waals surface area contributed by atoms with Gasteiger partial charge in [0.2, 0.25) is 0 Å². The highest BCUT2D eigenvalue weighted by Gasteiger charge is 2.18. The number of aliphatic carboxylic acids is 1. The zero-order valence-corrected chi connectivity index (χ0v) is 10.4. The van der Waals surface area contributed by atoms with Crippen molar-refractivity contribution in [1.29, 1.82) is 0 Å². The van der Waals surface area contributed by atoms with Gasteiger partial charge in [-0.1, -0.05) is 13.0 Å². The van der Waals surface area contributed by atoms with Crippen LogP contribution in [0.25, 0.3) is 10.9 Å². The first kappa shape index (κ1) is 12.4. The van der Waals surface area contributed by atoms with Gasteiger partial charge in [-0.15, -0.1) is 0 Å². The molecule has 94 valence electrons. The molecule has 1 aromatic carbocycles. The Morgan fingerprint density at radius 1 is 1.39 bits per heavy atom. The number of carboxylic acid groups (broad SMARTS) is 1. The molecule has 0 saturated carbocycles. The fourth-order valence-electron chi connectivity index (χ4n) is 2.17. The summed E-state index contributed by atoms with van der Waals surface area (Å²) in [6.45, 7) is 3.64.